The number of carbonyl (C=O) groups is 1. The van der Waals surface area contributed by atoms with E-state index in [1.165, 1.54) is 4.57 Å². The third-order valence-electron chi connectivity index (χ3n) is 3.78. The van der Waals surface area contributed by atoms with Gasteiger partial charge in [-0.05, 0) is 24.1 Å². The number of rotatable bonds is 6. The maximum absolute atomic E-state index is 12.3. The second kappa shape index (κ2) is 7.08. The van der Waals surface area contributed by atoms with Crippen molar-refractivity contribution in [1.29, 1.82) is 0 Å². The zero-order chi connectivity index (χ0) is 18.8. The number of nitrogens with two attached hydrogens (primary N) is 2. The molecule has 3 rings (SSSR count). The molecule has 1 amide bonds. The van der Waals surface area contributed by atoms with Gasteiger partial charge in [0.05, 0.1) is 17.3 Å². The SMILES string of the molecule is CCCS(=O)c1nc(N)c2[nH]c(=O)n(Cc3cccc(C(N)=O)c3)c2n1. The number of hydrogen-bond acceptors (Lipinski definition) is 6. The highest BCUT2D eigenvalue weighted by Gasteiger charge is 2.17. The number of imidazole rings is 1. The van der Waals surface area contributed by atoms with Crippen molar-refractivity contribution in [2.45, 2.75) is 25.0 Å². The molecule has 10 heteroatoms. The fourth-order valence-corrected chi connectivity index (χ4v) is 3.50. The van der Waals surface area contributed by atoms with Gasteiger partial charge >= 0.3 is 5.69 Å². The molecule has 0 saturated heterocycles. The van der Waals surface area contributed by atoms with Crippen molar-refractivity contribution in [2.75, 3.05) is 11.5 Å². The molecule has 136 valence electrons. The van der Waals surface area contributed by atoms with Gasteiger partial charge in [-0.3, -0.25) is 13.6 Å². The lowest BCUT2D eigenvalue weighted by molar-refractivity contribution is 0.1000. The van der Waals surface area contributed by atoms with E-state index in [4.69, 9.17) is 11.5 Å². The van der Waals surface area contributed by atoms with Gasteiger partial charge in [0, 0.05) is 11.3 Å². The number of nitrogen functional groups attached to an aromatic ring is 1. The molecule has 1 aromatic carbocycles. The largest absolute Gasteiger partial charge is 0.382 e. The van der Waals surface area contributed by atoms with Gasteiger partial charge in [-0.2, -0.15) is 0 Å². The molecule has 0 aliphatic heterocycles. The molecule has 0 aliphatic rings. The molecule has 0 fully saturated rings. The van der Waals surface area contributed by atoms with Crippen molar-refractivity contribution in [3.8, 4) is 0 Å². The van der Waals surface area contributed by atoms with Gasteiger partial charge in [-0.1, -0.05) is 19.1 Å². The number of anilines is 1. The first-order valence-electron chi connectivity index (χ1n) is 7.93. The van der Waals surface area contributed by atoms with E-state index < -0.39 is 22.4 Å². The number of primary amides is 1. The van der Waals surface area contributed by atoms with Gasteiger partial charge in [-0.15, -0.1) is 0 Å². The van der Waals surface area contributed by atoms with Crippen LogP contribution in [0.15, 0.2) is 34.2 Å². The predicted octanol–water partition coefficient (Wildman–Crippen LogP) is 0.367. The second-order valence-electron chi connectivity index (χ2n) is 5.72. The first kappa shape index (κ1) is 17.8. The zero-order valence-corrected chi connectivity index (χ0v) is 14.9. The summed E-state index contributed by atoms with van der Waals surface area (Å²) >= 11 is 0. The summed E-state index contributed by atoms with van der Waals surface area (Å²) < 4.78 is 13.6. The fraction of sp³-hybridized carbons (Fsp3) is 0.250. The Kier molecular flexibility index (Phi) is 4.85. The number of H-pyrrole nitrogens is 1. The van der Waals surface area contributed by atoms with Crippen molar-refractivity contribution >= 4 is 33.7 Å². The summed E-state index contributed by atoms with van der Waals surface area (Å²) in [6.45, 7) is 2.05. The van der Waals surface area contributed by atoms with Gasteiger partial charge < -0.3 is 16.5 Å². The number of carbonyl (C=O) groups excluding carboxylic acids is 1. The van der Waals surface area contributed by atoms with Crippen LogP contribution in [-0.2, 0) is 17.3 Å². The summed E-state index contributed by atoms with van der Waals surface area (Å²) in [7, 11) is -1.40. The Bertz CT molecular complexity index is 1070. The number of nitrogens with zero attached hydrogens (tertiary/aromatic N) is 3. The number of benzene rings is 1. The first-order chi connectivity index (χ1) is 12.4. The van der Waals surface area contributed by atoms with E-state index in [1.54, 1.807) is 24.3 Å². The molecular weight excluding hydrogens is 356 g/mol. The summed E-state index contributed by atoms with van der Waals surface area (Å²) in [5.41, 5.74) is 12.4. The summed E-state index contributed by atoms with van der Waals surface area (Å²) in [4.78, 5) is 34.6. The molecule has 0 saturated carbocycles. The molecule has 1 unspecified atom stereocenters. The van der Waals surface area contributed by atoms with Gasteiger partial charge in [0.25, 0.3) is 0 Å². The van der Waals surface area contributed by atoms with Gasteiger partial charge in [0.15, 0.2) is 11.5 Å². The molecule has 0 radical (unpaired) electrons. The maximum atomic E-state index is 12.3. The Labute approximate surface area is 150 Å². The number of hydrogen-bond donors (Lipinski definition) is 3. The van der Waals surface area contributed by atoms with Crippen molar-refractivity contribution < 1.29 is 9.00 Å². The van der Waals surface area contributed by atoms with Gasteiger partial charge in [-0.25, -0.2) is 14.8 Å². The van der Waals surface area contributed by atoms with Crippen LogP contribution in [-0.4, -0.2) is 35.4 Å². The minimum absolute atomic E-state index is 0.0659. The third-order valence-corrected chi connectivity index (χ3v) is 5.14. The molecule has 0 aliphatic carbocycles. The van der Waals surface area contributed by atoms with Crippen LogP contribution in [0.2, 0.25) is 0 Å². The molecule has 0 bridgehead atoms. The minimum Gasteiger partial charge on any atom is -0.382 e. The van der Waals surface area contributed by atoms with E-state index in [1.807, 2.05) is 6.92 Å². The van der Waals surface area contributed by atoms with Gasteiger partial charge in [0.1, 0.15) is 5.52 Å². The summed E-state index contributed by atoms with van der Waals surface area (Å²) in [5, 5.41) is 0.0930. The molecule has 3 aromatic rings. The quantitative estimate of drug-likeness (QED) is 0.530. The maximum Gasteiger partial charge on any atom is 0.328 e. The number of nitrogens with one attached hydrogen (secondary N) is 1. The normalized spacial score (nSPS) is 12.3. The van der Waals surface area contributed by atoms with Crippen LogP contribution in [0.25, 0.3) is 11.2 Å². The smallest absolute Gasteiger partial charge is 0.328 e. The third kappa shape index (κ3) is 3.36. The van der Waals surface area contributed by atoms with Crippen LogP contribution in [0.1, 0.15) is 29.3 Å². The van der Waals surface area contributed by atoms with E-state index in [2.05, 4.69) is 15.0 Å². The Morgan fingerprint density at radius 2 is 2.12 bits per heavy atom. The predicted molar refractivity (Wildman–Crippen MR) is 98.2 cm³/mol. The van der Waals surface area contributed by atoms with E-state index in [0.29, 0.717) is 28.8 Å². The highest BCUT2D eigenvalue weighted by molar-refractivity contribution is 7.84. The Morgan fingerprint density at radius 3 is 2.81 bits per heavy atom. The van der Waals surface area contributed by atoms with Crippen LogP contribution in [0, 0.1) is 0 Å². The topological polar surface area (TPSA) is 150 Å². The molecule has 1 atom stereocenters. The Hall–Kier alpha value is -3.01. The minimum atomic E-state index is -1.40. The van der Waals surface area contributed by atoms with Crippen LogP contribution in [0.4, 0.5) is 5.82 Å². The molecule has 26 heavy (non-hydrogen) atoms. The lowest BCUT2D eigenvalue weighted by Crippen LogP contribution is -2.18. The lowest BCUT2D eigenvalue weighted by Gasteiger charge is -2.06. The van der Waals surface area contributed by atoms with Crippen LogP contribution < -0.4 is 17.2 Å². The molecule has 9 nitrogen and oxygen atoms in total. The lowest BCUT2D eigenvalue weighted by atomic mass is 10.1. The molecule has 0 spiro atoms. The van der Waals surface area contributed by atoms with Crippen molar-refractivity contribution in [2.24, 2.45) is 5.73 Å². The van der Waals surface area contributed by atoms with E-state index >= 15 is 0 Å². The average molecular weight is 374 g/mol. The second-order valence-corrected chi connectivity index (χ2v) is 7.19. The molecule has 5 N–H and O–H groups in total. The van der Waals surface area contributed by atoms with Crippen molar-refractivity contribution in [3.63, 3.8) is 0 Å². The molecule has 2 heterocycles. The summed E-state index contributed by atoms with van der Waals surface area (Å²) in [5.74, 6) is -0.0848. The number of aromatic amines is 1. The highest BCUT2D eigenvalue weighted by atomic mass is 32.2. The number of aromatic nitrogens is 4. The number of amides is 1. The van der Waals surface area contributed by atoms with Crippen LogP contribution in [0.3, 0.4) is 0 Å². The summed E-state index contributed by atoms with van der Waals surface area (Å²) in [6.07, 6.45) is 0.702. The van der Waals surface area contributed by atoms with Gasteiger partial charge in [0.2, 0.25) is 11.1 Å². The van der Waals surface area contributed by atoms with E-state index in [9.17, 15) is 13.8 Å². The van der Waals surface area contributed by atoms with Crippen LogP contribution >= 0.6 is 0 Å². The monoisotopic (exact) mass is 374 g/mol. The zero-order valence-electron chi connectivity index (χ0n) is 14.1. The highest BCUT2D eigenvalue weighted by Crippen LogP contribution is 2.17. The Morgan fingerprint density at radius 1 is 1.35 bits per heavy atom. The average Bonchev–Trinajstić information content (AvgIpc) is 2.92. The van der Waals surface area contributed by atoms with Crippen LogP contribution in [0.5, 0.6) is 0 Å². The summed E-state index contributed by atoms with van der Waals surface area (Å²) in [6, 6.07) is 6.64. The Balaban J connectivity index is 2.09. The first-order valence-corrected chi connectivity index (χ1v) is 9.25. The number of fused-ring (bicyclic) bond motifs is 1. The van der Waals surface area contributed by atoms with Crippen molar-refractivity contribution in [3.05, 3.63) is 45.9 Å². The van der Waals surface area contributed by atoms with E-state index in [0.717, 1.165) is 0 Å². The molecular formula is C16H18N6O3S. The standard InChI is InChI=1S/C16H18N6O3S/c1-2-6-26(25)15-20-12(17)11-14(21-15)22(16(24)19-11)8-9-4-3-5-10(7-9)13(18)23/h3-5,7H,2,6,8H2,1H3,(H2,18,23)(H,19,24)(H2,17,20,21). The van der Waals surface area contributed by atoms with E-state index in [-0.39, 0.29) is 23.2 Å². The fourth-order valence-electron chi connectivity index (χ4n) is 2.56. The van der Waals surface area contributed by atoms with Crippen molar-refractivity contribution in [1.82, 2.24) is 19.5 Å². The molecule has 2 aromatic heterocycles.